The van der Waals surface area contributed by atoms with Crippen LogP contribution in [0.1, 0.15) is 36.0 Å². The number of carbonyl (C=O) groups excluding carboxylic acids is 1. The van der Waals surface area contributed by atoms with Crippen LogP contribution in [0.4, 0.5) is 0 Å². The van der Waals surface area contributed by atoms with Gasteiger partial charge in [-0.25, -0.2) is 0 Å². The molecule has 3 rings (SSSR count). The summed E-state index contributed by atoms with van der Waals surface area (Å²) in [5.74, 6) is -0.137. The maximum absolute atomic E-state index is 12.2. The van der Waals surface area contributed by atoms with E-state index >= 15 is 0 Å². The zero-order valence-corrected chi connectivity index (χ0v) is 10.6. The van der Waals surface area contributed by atoms with Crippen LogP contribution in [0.5, 0.6) is 0 Å². The van der Waals surface area contributed by atoms with Crippen LogP contribution >= 0.6 is 0 Å². The predicted molar refractivity (Wildman–Crippen MR) is 71.8 cm³/mol. The van der Waals surface area contributed by atoms with Gasteiger partial charge in [0.2, 0.25) is 0 Å². The molecule has 5 heteroatoms. The van der Waals surface area contributed by atoms with Gasteiger partial charge in [-0.1, -0.05) is 18.9 Å². The molecule has 0 saturated heterocycles. The largest absolute Gasteiger partial charge is 0.391 e. The van der Waals surface area contributed by atoms with Gasteiger partial charge >= 0.3 is 0 Å². The first kappa shape index (κ1) is 12.2. The average Bonchev–Trinajstić information content (AvgIpc) is 2.88. The molecule has 5 nitrogen and oxygen atoms in total. The Hall–Kier alpha value is -1.88. The first-order valence-electron chi connectivity index (χ1n) is 6.66. The topological polar surface area (TPSA) is 78.0 Å². The number of nitrogens with zero attached hydrogens (tertiary/aromatic N) is 1. The highest BCUT2D eigenvalue weighted by Gasteiger charge is 2.24. The molecule has 1 aromatic heterocycles. The molecule has 0 bridgehead atoms. The molecule has 1 aromatic carbocycles. The number of aliphatic hydroxyl groups excluding tert-OH is 1. The van der Waals surface area contributed by atoms with Crippen molar-refractivity contribution in [2.75, 3.05) is 0 Å². The lowest BCUT2D eigenvalue weighted by atomic mass is 9.92. The molecule has 0 radical (unpaired) electrons. The van der Waals surface area contributed by atoms with Gasteiger partial charge in [0.25, 0.3) is 5.91 Å². The van der Waals surface area contributed by atoms with Gasteiger partial charge in [0.1, 0.15) is 0 Å². The van der Waals surface area contributed by atoms with Crippen molar-refractivity contribution in [3.63, 3.8) is 0 Å². The molecule has 2 atom stereocenters. The summed E-state index contributed by atoms with van der Waals surface area (Å²) >= 11 is 0. The number of aliphatic hydroxyl groups is 1. The van der Waals surface area contributed by atoms with Crippen LogP contribution in [-0.2, 0) is 0 Å². The third-order valence-corrected chi connectivity index (χ3v) is 3.75. The highest BCUT2D eigenvalue weighted by molar-refractivity contribution is 5.97. The minimum Gasteiger partial charge on any atom is -0.391 e. The van der Waals surface area contributed by atoms with Crippen molar-refractivity contribution in [2.45, 2.75) is 37.8 Å². The Morgan fingerprint density at radius 1 is 1.37 bits per heavy atom. The van der Waals surface area contributed by atoms with Crippen molar-refractivity contribution in [1.82, 2.24) is 15.5 Å². The summed E-state index contributed by atoms with van der Waals surface area (Å²) in [5.41, 5.74) is 1.44. The molecule has 1 aliphatic carbocycles. The van der Waals surface area contributed by atoms with Crippen molar-refractivity contribution >= 4 is 16.8 Å². The number of aromatic nitrogens is 2. The fourth-order valence-corrected chi connectivity index (χ4v) is 2.61. The van der Waals surface area contributed by atoms with Crippen LogP contribution in [0.3, 0.4) is 0 Å². The molecule has 100 valence electrons. The van der Waals surface area contributed by atoms with E-state index in [1.165, 1.54) is 0 Å². The molecule has 3 N–H and O–H groups in total. The van der Waals surface area contributed by atoms with Crippen molar-refractivity contribution in [2.24, 2.45) is 0 Å². The third kappa shape index (κ3) is 2.46. The minimum atomic E-state index is -0.423. The van der Waals surface area contributed by atoms with Crippen LogP contribution in [0, 0.1) is 0 Å². The lowest BCUT2D eigenvalue weighted by Crippen LogP contribution is -2.45. The van der Waals surface area contributed by atoms with Crippen molar-refractivity contribution in [3.05, 3.63) is 30.0 Å². The quantitative estimate of drug-likeness (QED) is 0.766. The first-order chi connectivity index (χ1) is 9.24. The Morgan fingerprint density at radius 2 is 2.21 bits per heavy atom. The normalized spacial score (nSPS) is 23.4. The van der Waals surface area contributed by atoms with E-state index in [0.717, 1.165) is 36.6 Å². The van der Waals surface area contributed by atoms with Crippen LogP contribution in [0.2, 0.25) is 0 Å². The molecule has 1 amide bonds. The number of fused-ring (bicyclic) bond motifs is 1. The zero-order chi connectivity index (χ0) is 13.2. The van der Waals surface area contributed by atoms with Gasteiger partial charge in [0, 0.05) is 10.9 Å². The number of hydrogen-bond donors (Lipinski definition) is 3. The Labute approximate surface area is 111 Å². The van der Waals surface area contributed by atoms with Crippen molar-refractivity contribution in [1.29, 1.82) is 0 Å². The zero-order valence-electron chi connectivity index (χ0n) is 10.6. The maximum atomic E-state index is 12.2. The van der Waals surface area contributed by atoms with Gasteiger partial charge in [-0.05, 0) is 25.0 Å². The molecule has 1 aliphatic rings. The van der Waals surface area contributed by atoms with E-state index in [-0.39, 0.29) is 11.9 Å². The van der Waals surface area contributed by atoms with Gasteiger partial charge in [-0.2, -0.15) is 5.10 Å². The molecule has 1 saturated carbocycles. The summed E-state index contributed by atoms with van der Waals surface area (Å²) in [4.78, 5) is 12.2. The summed E-state index contributed by atoms with van der Waals surface area (Å²) in [7, 11) is 0. The number of aromatic amines is 1. The Kier molecular flexibility index (Phi) is 3.21. The predicted octanol–water partition coefficient (Wildman–Crippen LogP) is 1.60. The number of H-pyrrole nitrogens is 1. The summed E-state index contributed by atoms with van der Waals surface area (Å²) < 4.78 is 0. The molecule has 2 aromatic rings. The number of benzene rings is 1. The van der Waals surface area contributed by atoms with Crippen LogP contribution in [0.25, 0.3) is 10.9 Å². The Bertz CT molecular complexity index is 593. The highest BCUT2D eigenvalue weighted by Crippen LogP contribution is 2.19. The van der Waals surface area contributed by atoms with E-state index in [1.807, 2.05) is 6.07 Å². The third-order valence-electron chi connectivity index (χ3n) is 3.75. The van der Waals surface area contributed by atoms with Gasteiger partial charge in [0.05, 0.1) is 23.9 Å². The Balaban J connectivity index is 1.75. The summed E-state index contributed by atoms with van der Waals surface area (Å²) in [5, 5.41) is 20.6. The van der Waals surface area contributed by atoms with E-state index in [1.54, 1.807) is 18.3 Å². The molecular formula is C14H17N3O2. The Morgan fingerprint density at radius 3 is 3.05 bits per heavy atom. The smallest absolute Gasteiger partial charge is 0.251 e. The second-order valence-electron chi connectivity index (χ2n) is 5.10. The maximum Gasteiger partial charge on any atom is 0.251 e. The van der Waals surface area contributed by atoms with E-state index < -0.39 is 6.10 Å². The van der Waals surface area contributed by atoms with Gasteiger partial charge < -0.3 is 10.4 Å². The fraction of sp³-hybridized carbons (Fsp3) is 0.429. The standard InChI is InChI=1S/C14H17N3O2/c18-13-4-2-1-3-11(13)16-14(19)9-5-6-10-8-15-17-12(10)7-9/h5-8,11,13,18H,1-4H2,(H,15,17)(H,16,19)/t11-,13-/m0/s1. The molecule has 1 fully saturated rings. The average molecular weight is 259 g/mol. The first-order valence-corrected chi connectivity index (χ1v) is 6.66. The molecular weight excluding hydrogens is 242 g/mol. The SMILES string of the molecule is O=C(N[C@H]1CCCC[C@@H]1O)c1ccc2cn[nH]c2c1. The molecule has 19 heavy (non-hydrogen) atoms. The lowest BCUT2D eigenvalue weighted by Gasteiger charge is -2.28. The van der Waals surface area contributed by atoms with E-state index in [9.17, 15) is 9.90 Å². The number of rotatable bonds is 2. The summed E-state index contributed by atoms with van der Waals surface area (Å²) in [6, 6.07) is 5.30. The fourth-order valence-electron chi connectivity index (χ4n) is 2.61. The van der Waals surface area contributed by atoms with Crippen molar-refractivity contribution < 1.29 is 9.90 Å². The van der Waals surface area contributed by atoms with Gasteiger partial charge in [-0.15, -0.1) is 0 Å². The van der Waals surface area contributed by atoms with Gasteiger partial charge in [0.15, 0.2) is 0 Å². The highest BCUT2D eigenvalue weighted by atomic mass is 16.3. The van der Waals surface area contributed by atoms with Gasteiger partial charge in [-0.3, -0.25) is 9.89 Å². The summed E-state index contributed by atoms with van der Waals surface area (Å²) in [6.45, 7) is 0. The van der Waals surface area contributed by atoms with E-state index in [4.69, 9.17) is 0 Å². The van der Waals surface area contributed by atoms with Crippen molar-refractivity contribution in [3.8, 4) is 0 Å². The number of carbonyl (C=O) groups is 1. The number of amides is 1. The second kappa shape index (κ2) is 5.01. The number of hydrogen-bond acceptors (Lipinski definition) is 3. The second-order valence-corrected chi connectivity index (χ2v) is 5.10. The summed E-state index contributed by atoms with van der Waals surface area (Å²) in [6.07, 6.45) is 5.01. The van der Waals surface area contributed by atoms with E-state index in [2.05, 4.69) is 15.5 Å². The minimum absolute atomic E-state index is 0.126. The molecule has 1 heterocycles. The molecule has 0 unspecified atom stereocenters. The van der Waals surface area contributed by atoms with Crippen LogP contribution in [-0.4, -0.2) is 33.4 Å². The van der Waals surface area contributed by atoms with Crippen LogP contribution in [0.15, 0.2) is 24.4 Å². The molecule has 0 aliphatic heterocycles. The van der Waals surface area contributed by atoms with Crippen LogP contribution < -0.4 is 5.32 Å². The molecule has 0 spiro atoms. The van der Waals surface area contributed by atoms with E-state index in [0.29, 0.717) is 5.56 Å². The lowest BCUT2D eigenvalue weighted by molar-refractivity contribution is 0.0717. The number of nitrogens with one attached hydrogen (secondary N) is 2. The monoisotopic (exact) mass is 259 g/mol.